The van der Waals surface area contributed by atoms with Crippen LogP contribution >= 0.6 is 0 Å². The molecule has 0 radical (unpaired) electrons. The Hall–Kier alpha value is -2.50. The Balaban J connectivity index is 1.62. The maximum Gasteiger partial charge on any atom is 0.276 e. The van der Waals surface area contributed by atoms with Gasteiger partial charge in [-0.25, -0.2) is 0 Å². The van der Waals surface area contributed by atoms with Crippen LogP contribution in [-0.4, -0.2) is 22.9 Å². The molecule has 6 nitrogen and oxygen atoms in total. The van der Waals surface area contributed by atoms with E-state index >= 15 is 0 Å². The topological polar surface area (TPSA) is 76.2 Å². The molecule has 4 rings (SSSR count). The quantitative estimate of drug-likeness (QED) is 0.886. The first-order valence-corrected chi connectivity index (χ1v) is 7.00. The number of rotatable bonds is 2. The molecule has 21 heavy (non-hydrogen) atoms. The van der Waals surface area contributed by atoms with Crippen LogP contribution in [0.4, 0.5) is 5.69 Å². The normalized spacial score (nSPS) is 15.1. The highest BCUT2D eigenvalue weighted by Gasteiger charge is 2.24. The van der Waals surface area contributed by atoms with Crippen LogP contribution in [-0.2, 0) is 12.8 Å². The van der Waals surface area contributed by atoms with Gasteiger partial charge in [-0.05, 0) is 37.8 Å². The number of anilines is 1. The second-order valence-corrected chi connectivity index (χ2v) is 5.36. The molecule has 2 heterocycles. The zero-order valence-corrected chi connectivity index (χ0v) is 11.7. The number of H-pyrrole nitrogens is 1. The van der Waals surface area contributed by atoms with Gasteiger partial charge in [0.1, 0.15) is 0 Å². The predicted octanol–water partition coefficient (Wildman–Crippen LogP) is 2.19. The van der Waals surface area contributed by atoms with Gasteiger partial charge >= 0.3 is 0 Å². The molecule has 2 N–H and O–H groups in total. The van der Waals surface area contributed by atoms with E-state index < -0.39 is 0 Å². The van der Waals surface area contributed by atoms with Crippen molar-refractivity contribution in [3.8, 4) is 11.5 Å². The number of aryl methyl sites for hydroxylation is 2. The highest BCUT2D eigenvalue weighted by Crippen LogP contribution is 2.37. The van der Waals surface area contributed by atoms with Crippen LogP contribution in [0.5, 0.6) is 11.5 Å². The molecule has 0 unspecified atom stereocenters. The minimum Gasteiger partial charge on any atom is -0.454 e. The molecule has 6 heteroatoms. The number of ether oxygens (including phenoxy) is 2. The second kappa shape index (κ2) is 4.51. The lowest BCUT2D eigenvalue weighted by atomic mass is 10.1. The Bertz CT molecular complexity index is 736. The molecule has 1 aliphatic heterocycles. The summed E-state index contributed by atoms with van der Waals surface area (Å²) in [4.78, 5) is 12.4. The standard InChI is InChI=1S/C15H15N3O3/c1-8-5-12-13(21-7-20-12)6-11(8)16-15(19)14-9-3-2-4-10(9)17-18-14/h5-6H,2-4,7H2,1H3,(H,16,19)(H,17,18). The van der Waals surface area contributed by atoms with E-state index in [2.05, 4.69) is 15.5 Å². The number of nitrogens with zero attached hydrogens (tertiary/aromatic N) is 1. The number of hydrogen-bond acceptors (Lipinski definition) is 4. The second-order valence-electron chi connectivity index (χ2n) is 5.36. The SMILES string of the molecule is Cc1cc2c(cc1NC(=O)c1n[nH]c3c1CCC3)OCO2. The van der Waals surface area contributed by atoms with E-state index in [0.29, 0.717) is 17.2 Å². The van der Waals surface area contributed by atoms with Gasteiger partial charge in [-0.1, -0.05) is 0 Å². The van der Waals surface area contributed by atoms with Crippen molar-refractivity contribution in [2.45, 2.75) is 26.2 Å². The Labute approximate surface area is 121 Å². The molecule has 2 aromatic rings. The molecule has 1 aliphatic carbocycles. The lowest BCUT2D eigenvalue weighted by molar-refractivity contribution is 0.102. The Morgan fingerprint density at radius 3 is 2.95 bits per heavy atom. The zero-order valence-electron chi connectivity index (χ0n) is 11.7. The first-order chi connectivity index (χ1) is 10.2. The third kappa shape index (κ3) is 1.94. The molecule has 0 saturated heterocycles. The van der Waals surface area contributed by atoms with Crippen LogP contribution in [0.25, 0.3) is 0 Å². The lowest BCUT2D eigenvalue weighted by Crippen LogP contribution is -2.15. The predicted molar refractivity (Wildman–Crippen MR) is 75.9 cm³/mol. The summed E-state index contributed by atoms with van der Waals surface area (Å²) in [7, 11) is 0. The average molecular weight is 285 g/mol. The zero-order chi connectivity index (χ0) is 14.4. The summed E-state index contributed by atoms with van der Waals surface area (Å²) < 4.78 is 10.7. The monoisotopic (exact) mass is 285 g/mol. The first-order valence-electron chi connectivity index (χ1n) is 7.00. The van der Waals surface area contributed by atoms with Crippen LogP contribution in [0, 0.1) is 6.92 Å². The van der Waals surface area contributed by atoms with Crippen molar-refractivity contribution in [1.29, 1.82) is 0 Å². The van der Waals surface area contributed by atoms with Gasteiger partial charge in [0, 0.05) is 23.0 Å². The fraction of sp³-hybridized carbons (Fsp3) is 0.333. The van der Waals surface area contributed by atoms with Crippen molar-refractivity contribution in [3.63, 3.8) is 0 Å². The van der Waals surface area contributed by atoms with Gasteiger partial charge in [-0.3, -0.25) is 9.89 Å². The molecule has 2 aliphatic rings. The van der Waals surface area contributed by atoms with E-state index in [1.54, 1.807) is 6.07 Å². The van der Waals surface area contributed by atoms with Gasteiger partial charge in [0.15, 0.2) is 17.2 Å². The van der Waals surface area contributed by atoms with E-state index in [1.807, 2.05) is 13.0 Å². The number of aromatic nitrogens is 2. The number of aromatic amines is 1. The van der Waals surface area contributed by atoms with E-state index in [9.17, 15) is 4.79 Å². The van der Waals surface area contributed by atoms with E-state index in [0.717, 1.165) is 41.8 Å². The van der Waals surface area contributed by atoms with Crippen molar-refractivity contribution >= 4 is 11.6 Å². The molecule has 0 fully saturated rings. The van der Waals surface area contributed by atoms with Crippen LogP contribution in [0.2, 0.25) is 0 Å². The molecule has 0 bridgehead atoms. The van der Waals surface area contributed by atoms with Gasteiger partial charge in [0.25, 0.3) is 5.91 Å². The highest BCUT2D eigenvalue weighted by atomic mass is 16.7. The summed E-state index contributed by atoms with van der Waals surface area (Å²) >= 11 is 0. The summed E-state index contributed by atoms with van der Waals surface area (Å²) in [6, 6.07) is 3.66. The minimum atomic E-state index is -0.184. The molecule has 0 saturated carbocycles. The van der Waals surface area contributed by atoms with Gasteiger partial charge in [-0.15, -0.1) is 0 Å². The van der Waals surface area contributed by atoms with Gasteiger partial charge in [-0.2, -0.15) is 5.10 Å². The van der Waals surface area contributed by atoms with E-state index in [-0.39, 0.29) is 12.7 Å². The highest BCUT2D eigenvalue weighted by molar-refractivity contribution is 6.04. The summed E-state index contributed by atoms with van der Waals surface area (Å²) in [6.07, 6.45) is 2.96. The molecule has 1 amide bonds. The largest absolute Gasteiger partial charge is 0.454 e. The smallest absolute Gasteiger partial charge is 0.276 e. The van der Waals surface area contributed by atoms with Gasteiger partial charge in [0.2, 0.25) is 6.79 Å². The average Bonchev–Trinajstić information content (AvgIpc) is 3.13. The fourth-order valence-electron chi connectivity index (χ4n) is 2.87. The maximum atomic E-state index is 12.4. The third-order valence-corrected chi connectivity index (χ3v) is 3.99. The molecule has 1 aromatic carbocycles. The molecular weight excluding hydrogens is 270 g/mol. The first kappa shape index (κ1) is 12.3. The maximum absolute atomic E-state index is 12.4. The number of benzene rings is 1. The number of fused-ring (bicyclic) bond motifs is 2. The van der Waals surface area contributed by atoms with Gasteiger partial charge in [0.05, 0.1) is 0 Å². The summed E-state index contributed by atoms with van der Waals surface area (Å²) in [5.41, 5.74) is 4.28. The van der Waals surface area contributed by atoms with Gasteiger partial charge < -0.3 is 14.8 Å². The summed E-state index contributed by atoms with van der Waals surface area (Å²) in [5.74, 6) is 1.19. The summed E-state index contributed by atoms with van der Waals surface area (Å²) in [6.45, 7) is 2.14. The molecular formula is C15H15N3O3. The van der Waals surface area contributed by atoms with Crippen molar-refractivity contribution < 1.29 is 14.3 Å². The third-order valence-electron chi connectivity index (χ3n) is 3.99. The van der Waals surface area contributed by atoms with Crippen molar-refractivity contribution in [3.05, 3.63) is 34.6 Å². The molecule has 108 valence electrons. The fourth-order valence-corrected chi connectivity index (χ4v) is 2.87. The molecule has 0 spiro atoms. The molecule has 1 aromatic heterocycles. The van der Waals surface area contributed by atoms with Crippen LogP contribution in [0.1, 0.15) is 33.7 Å². The summed E-state index contributed by atoms with van der Waals surface area (Å²) in [5, 5.41) is 10.0. The van der Waals surface area contributed by atoms with Crippen LogP contribution in [0.15, 0.2) is 12.1 Å². The lowest BCUT2D eigenvalue weighted by Gasteiger charge is -2.09. The van der Waals surface area contributed by atoms with Crippen molar-refractivity contribution in [2.75, 3.05) is 12.1 Å². The number of amides is 1. The van der Waals surface area contributed by atoms with Crippen LogP contribution < -0.4 is 14.8 Å². The number of hydrogen-bond donors (Lipinski definition) is 2. The number of carbonyl (C=O) groups is 1. The van der Waals surface area contributed by atoms with Crippen molar-refractivity contribution in [1.82, 2.24) is 10.2 Å². The Morgan fingerprint density at radius 2 is 2.10 bits per heavy atom. The Kier molecular flexibility index (Phi) is 2.63. The minimum absolute atomic E-state index is 0.184. The molecule has 0 atom stereocenters. The van der Waals surface area contributed by atoms with E-state index in [1.165, 1.54) is 0 Å². The van der Waals surface area contributed by atoms with Crippen molar-refractivity contribution in [2.24, 2.45) is 0 Å². The van der Waals surface area contributed by atoms with E-state index in [4.69, 9.17) is 9.47 Å². The van der Waals surface area contributed by atoms with Crippen LogP contribution in [0.3, 0.4) is 0 Å². The Morgan fingerprint density at radius 1 is 1.29 bits per heavy atom. The number of carbonyl (C=O) groups excluding carboxylic acids is 1. The number of nitrogens with one attached hydrogen (secondary N) is 2.